The zero-order chi connectivity index (χ0) is 23.5. The van der Waals surface area contributed by atoms with Gasteiger partial charge in [-0.25, -0.2) is 0 Å². The molecular weight excluding hydrogens is 408 g/mol. The number of hydrogen-bond acceptors (Lipinski definition) is 6. The van der Waals surface area contributed by atoms with Crippen LogP contribution in [-0.2, 0) is 19.1 Å². The minimum absolute atomic E-state index is 0.00791. The smallest absolute Gasteiger partial charge is 0.311 e. The molecule has 0 amide bonds. The molecule has 0 unspecified atom stereocenters. The van der Waals surface area contributed by atoms with E-state index in [9.17, 15) is 19.8 Å². The summed E-state index contributed by atoms with van der Waals surface area (Å²) in [5.41, 5.74) is 0.469. The van der Waals surface area contributed by atoms with Gasteiger partial charge in [0.1, 0.15) is 12.2 Å². The molecule has 3 aliphatic rings. The summed E-state index contributed by atoms with van der Waals surface area (Å²) in [6.45, 7) is 8.14. The number of unbranched alkanes of at least 4 members (excludes halogenated alkanes) is 1. The van der Waals surface area contributed by atoms with Crippen LogP contribution in [0.15, 0.2) is 23.8 Å². The van der Waals surface area contributed by atoms with E-state index < -0.39 is 17.6 Å². The Morgan fingerprint density at radius 1 is 1.25 bits per heavy atom. The summed E-state index contributed by atoms with van der Waals surface area (Å²) in [7, 11) is 0. The molecule has 0 bridgehead atoms. The molecule has 1 heterocycles. The maximum Gasteiger partial charge on any atom is 0.311 e. The molecular formula is C26H40O6. The number of cyclic esters (lactones) is 1. The lowest BCUT2D eigenvalue weighted by atomic mass is 9.66. The maximum absolute atomic E-state index is 13.1. The average Bonchev–Trinajstić information content (AvgIpc) is 2.71. The van der Waals surface area contributed by atoms with Crippen LogP contribution in [0.2, 0.25) is 0 Å². The number of fused-ring (bicyclic) bond motifs is 1. The van der Waals surface area contributed by atoms with Crippen molar-refractivity contribution in [1.29, 1.82) is 0 Å². The van der Waals surface area contributed by atoms with Crippen molar-refractivity contribution in [2.24, 2.45) is 23.2 Å². The molecule has 7 atom stereocenters. The third-order valence-electron chi connectivity index (χ3n) is 7.40. The molecule has 3 rings (SSSR count). The van der Waals surface area contributed by atoms with Crippen molar-refractivity contribution in [2.75, 3.05) is 0 Å². The lowest BCUT2D eigenvalue weighted by Gasteiger charge is -2.43. The van der Waals surface area contributed by atoms with Gasteiger partial charge in [-0.3, -0.25) is 9.59 Å². The van der Waals surface area contributed by atoms with E-state index in [4.69, 9.17) is 9.47 Å². The van der Waals surface area contributed by atoms with Crippen molar-refractivity contribution in [1.82, 2.24) is 0 Å². The first-order valence-electron chi connectivity index (χ1n) is 12.3. The van der Waals surface area contributed by atoms with E-state index in [1.54, 1.807) is 0 Å². The van der Waals surface area contributed by atoms with Crippen LogP contribution in [0, 0.1) is 23.2 Å². The Bertz CT molecular complexity index is 739. The van der Waals surface area contributed by atoms with Crippen LogP contribution >= 0.6 is 0 Å². The Hall–Kier alpha value is -1.66. The zero-order valence-corrected chi connectivity index (χ0v) is 20.0. The number of hydrogen-bond donors (Lipinski definition) is 2. The molecule has 0 spiro atoms. The van der Waals surface area contributed by atoms with Gasteiger partial charge in [0.05, 0.1) is 24.0 Å². The van der Waals surface area contributed by atoms with E-state index in [0.717, 1.165) is 31.3 Å². The fourth-order valence-corrected chi connectivity index (χ4v) is 5.42. The number of ether oxygens (including phenoxy) is 2. The summed E-state index contributed by atoms with van der Waals surface area (Å²) in [4.78, 5) is 24.8. The predicted octanol–water partition coefficient (Wildman–Crippen LogP) is 4.09. The van der Waals surface area contributed by atoms with Crippen LogP contribution in [0.3, 0.4) is 0 Å². The first-order valence-corrected chi connectivity index (χ1v) is 12.3. The van der Waals surface area contributed by atoms with Gasteiger partial charge in [-0.15, -0.1) is 0 Å². The molecule has 32 heavy (non-hydrogen) atoms. The second-order valence-corrected chi connectivity index (χ2v) is 10.6. The van der Waals surface area contributed by atoms with Gasteiger partial charge >= 0.3 is 11.9 Å². The summed E-state index contributed by atoms with van der Waals surface area (Å²) < 4.78 is 11.6. The topological polar surface area (TPSA) is 93.1 Å². The van der Waals surface area contributed by atoms with Crippen LogP contribution in [0.1, 0.15) is 79.1 Å². The van der Waals surface area contributed by atoms with Gasteiger partial charge in [0.2, 0.25) is 0 Å². The lowest BCUT2D eigenvalue weighted by Crippen LogP contribution is -2.44. The van der Waals surface area contributed by atoms with Crippen molar-refractivity contribution in [3.8, 4) is 0 Å². The largest absolute Gasteiger partial charge is 0.462 e. The van der Waals surface area contributed by atoms with E-state index in [1.165, 1.54) is 0 Å². The highest BCUT2D eigenvalue weighted by Gasteiger charge is 2.43. The summed E-state index contributed by atoms with van der Waals surface area (Å²) in [5, 5.41) is 20.4. The molecule has 0 aromatic rings. The number of carbonyl (C=O) groups is 2. The molecule has 6 heteroatoms. The number of rotatable bonds is 8. The zero-order valence-electron chi connectivity index (χ0n) is 20.0. The van der Waals surface area contributed by atoms with E-state index in [2.05, 4.69) is 26.0 Å². The summed E-state index contributed by atoms with van der Waals surface area (Å²) in [6, 6.07) is 0. The number of carbonyl (C=O) groups excluding carboxylic acids is 2. The molecule has 0 aromatic carbocycles. The molecule has 180 valence electrons. The fourth-order valence-electron chi connectivity index (χ4n) is 5.42. The summed E-state index contributed by atoms with van der Waals surface area (Å²) in [6.07, 6.45) is 9.34. The van der Waals surface area contributed by atoms with Crippen LogP contribution in [0.4, 0.5) is 0 Å². The number of aliphatic hydroxyl groups is 2. The maximum atomic E-state index is 13.1. The van der Waals surface area contributed by atoms with Crippen molar-refractivity contribution in [3.63, 3.8) is 0 Å². The second kappa shape index (κ2) is 10.5. The van der Waals surface area contributed by atoms with Crippen LogP contribution in [0.25, 0.3) is 0 Å². The first kappa shape index (κ1) is 25.0. The van der Waals surface area contributed by atoms with Gasteiger partial charge in [0.15, 0.2) is 0 Å². The minimum Gasteiger partial charge on any atom is -0.462 e. The van der Waals surface area contributed by atoms with E-state index in [1.807, 2.05) is 19.9 Å². The van der Waals surface area contributed by atoms with Crippen LogP contribution < -0.4 is 0 Å². The Kier molecular flexibility index (Phi) is 8.21. The summed E-state index contributed by atoms with van der Waals surface area (Å²) in [5.74, 6) is -0.0601. The number of allylic oxidation sites excluding steroid dienone is 2. The molecule has 2 N–H and O–H groups in total. The highest BCUT2D eigenvalue weighted by atomic mass is 16.6. The van der Waals surface area contributed by atoms with Gasteiger partial charge in [0.25, 0.3) is 0 Å². The standard InChI is InChI=1S/C26H40O6/c1-5-6-11-26(3,4)25(30)32-22-14-18(27)12-17-8-7-16(2)21(24(17)22)10-9-20-13-19(28)15-23(29)31-20/h7-8,12,16,18-22,24,27-28H,5-6,9-11,13-15H2,1-4H3/t16-,18+,19+,20+,21-,22-,24-/m0/s1. The molecule has 0 radical (unpaired) electrons. The normalized spacial score (nSPS) is 35.0. The van der Waals surface area contributed by atoms with Gasteiger partial charge in [-0.1, -0.05) is 44.9 Å². The predicted molar refractivity (Wildman–Crippen MR) is 122 cm³/mol. The van der Waals surface area contributed by atoms with E-state index in [0.29, 0.717) is 19.3 Å². The Balaban J connectivity index is 1.74. The molecule has 1 fully saturated rings. The molecule has 1 saturated heterocycles. The minimum atomic E-state index is -0.635. The second-order valence-electron chi connectivity index (χ2n) is 10.6. The monoisotopic (exact) mass is 448 g/mol. The molecule has 2 aliphatic carbocycles. The molecule has 1 aliphatic heterocycles. The average molecular weight is 449 g/mol. The lowest BCUT2D eigenvalue weighted by molar-refractivity contribution is -0.167. The van der Waals surface area contributed by atoms with Gasteiger partial charge < -0.3 is 19.7 Å². The Morgan fingerprint density at radius 3 is 2.69 bits per heavy atom. The van der Waals surface area contributed by atoms with Crippen LogP contribution in [0.5, 0.6) is 0 Å². The highest BCUT2D eigenvalue weighted by molar-refractivity contribution is 5.76. The van der Waals surface area contributed by atoms with Crippen molar-refractivity contribution < 1.29 is 29.3 Å². The van der Waals surface area contributed by atoms with Gasteiger partial charge in [0, 0.05) is 18.8 Å². The molecule has 6 nitrogen and oxygen atoms in total. The third kappa shape index (κ3) is 6.02. The highest BCUT2D eigenvalue weighted by Crippen LogP contribution is 2.44. The van der Waals surface area contributed by atoms with E-state index in [-0.39, 0.29) is 48.3 Å². The molecule has 0 aromatic heterocycles. The quantitative estimate of drug-likeness (QED) is 0.543. The Morgan fingerprint density at radius 2 is 2.00 bits per heavy atom. The first-order chi connectivity index (χ1) is 15.1. The molecule has 0 saturated carbocycles. The number of esters is 2. The van der Waals surface area contributed by atoms with Crippen molar-refractivity contribution in [3.05, 3.63) is 23.8 Å². The Labute approximate surface area is 192 Å². The van der Waals surface area contributed by atoms with Gasteiger partial charge in [-0.2, -0.15) is 0 Å². The third-order valence-corrected chi connectivity index (χ3v) is 7.40. The summed E-state index contributed by atoms with van der Waals surface area (Å²) >= 11 is 0. The van der Waals surface area contributed by atoms with Gasteiger partial charge in [-0.05, 0) is 50.5 Å². The number of aliphatic hydroxyl groups excluding tert-OH is 2. The fraction of sp³-hybridized carbons (Fsp3) is 0.769. The van der Waals surface area contributed by atoms with Crippen molar-refractivity contribution >= 4 is 11.9 Å². The van der Waals surface area contributed by atoms with E-state index >= 15 is 0 Å². The SMILES string of the molecule is CCCCC(C)(C)C(=O)O[C@H]1C[C@H](O)C=C2C=C[C@H](C)[C@H](CC[C@@H]3C[C@@H](O)CC(=O)O3)[C@H]21. The van der Waals surface area contributed by atoms with Crippen molar-refractivity contribution in [2.45, 2.75) is 103 Å². The van der Waals surface area contributed by atoms with Crippen LogP contribution in [-0.4, -0.2) is 46.6 Å².